The van der Waals surface area contributed by atoms with Gasteiger partial charge in [-0.15, -0.1) is 10.2 Å². The van der Waals surface area contributed by atoms with Gasteiger partial charge < -0.3 is 14.5 Å². The van der Waals surface area contributed by atoms with Crippen LogP contribution in [-0.4, -0.2) is 41.2 Å². The molecular formula is C13H13F3N4O3S. The number of halogens is 3. The van der Waals surface area contributed by atoms with Crippen molar-refractivity contribution in [1.82, 2.24) is 15.5 Å². The third kappa shape index (κ3) is 3.08. The van der Waals surface area contributed by atoms with Crippen molar-refractivity contribution in [1.29, 1.82) is 0 Å². The number of methoxy groups -OCH3 is 1. The Balaban J connectivity index is 1.53. The molecule has 1 saturated carbocycles. The van der Waals surface area contributed by atoms with E-state index in [0.717, 1.165) is 18.4 Å². The van der Waals surface area contributed by atoms with Crippen LogP contribution in [0.1, 0.15) is 12.8 Å². The van der Waals surface area contributed by atoms with E-state index in [1.165, 1.54) is 6.26 Å². The van der Waals surface area contributed by atoms with Crippen LogP contribution in [0.2, 0.25) is 0 Å². The minimum Gasteiger partial charge on any atom is -0.462 e. The second kappa shape index (κ2) is 6.06. The van der Waals surface area contributed by atoms with Gasteiger partial charge >= 0.3 is 12.2 Å². The van der Waals surface area contributed by atoms with Gasteiger partial charge in [0, 0.05) is 26.0 Å². The van der Waals surface area contributed by atoms with Gasteiger partial charge in [-0.3, -0.25) is 5.32 Å². The molecule has 2 aromatic heterocycles. The maximum atomic E-state index is 12.9. The van der Waals surface area contributed by atoms with Gasteiger partial charge in [-0.1, -0.05) is 11.3 Å². The number of rotatable bonds is 4. The van der Waals surface area contributed by atoms with Gasteiger partial charge in [-0.05, 0) is 12.1 Å². The molecule has 2 heterocycles. The minimum atomic E-state index is -4.46. The third-order valence-electron chi connectivity index (χ3n) is 3.77. The largest absolute Gasteiger partial charge is 0.462 e. The summed E-state index contributed by atoms with van der Waals surface area (Å²) in [6.07, 6.45) is -3.63. The zero-order chi connectivity index (χ0) is 17.4. The lowest BCUT2D eigenvalue weighted by Crippen LogP contribution is -2.63. The summed E-state index contributed by atoms with van der Waals surface area (Å²) in [5, 5.41) is 13.2. The van der Waals surface area contributed by atoms with E-state index in [9.17, 15) is 18.0 Å². The molecule has 2 N–H and O–H groups in total. The van der Waals surface area contributed by atoms with Crippen LogP contribution in [-0.2, 0) is 4.74 Å². The molecule has 0 spiro atoms. The average Bonchev–Trinajstić information content (AvgIpc) is 3.11. The predicted molar refractivity (Wildman–Crippen MR) is 78.6 cm³/mol. The molecule has 0 bridgehead atoms. The number of anilines is 1. The molecule has 1 aliphatic carbocycles. The highest BCUT2D eigenvalue weighted by molar-refractivity contribution is 7.18. The summed E-state index contributed by atoms with van der Waals surface area (Å²) in [5.41, 5.74) is -2.18. The van der Waals surface area contributed by atoms with Crippen molar-refractivity contribution >= 4 is 22.5 Å². The Morgan fingerprint density at radius 1 is 1.46 bits per heavy atom. The van der Waals surface area contributed by atoms with E-state index in [0.29, 0.717) is 10.8 Å². The molecule has 1 aliphatic rings. The fourth-order valence-corrected chi connectivity index (χ4v) is 3.15. The summed E-state index contributed by atoms with van der Waals surface area (Å²) in [5.74, 6) is 0.509. The monoisotopic (exact) mass is 362 g/mol. The summed E-state index contributed by atoms with van der Waals surface area (Å²) < 4.78 is 48.4. The SMILES string of the molecule is COC1(C(F)(F)F)CC(NC(=O)Nc2nnc(-c3ccco3)s2)C1. The van der Waals surface area contributed by atoms with Crippen molar-refractivity contribution in [3.63, 3.8) is 0 Å². The number of aromatic nitrogens is 2. The lowest BCUT2D eigenvalue weighted by atomic mass is 9.75. The van der Waals surface area contributed by atoms with Crippen LogP contribution in [0.4, 0.5) is 23.1 Å². The molecule has 0 atom stereocenters. The second-order valence-corrected chi connectivity index (χ2v) is 6.27. The predicted octanol–water partition coefficient (Wildman–Crippen LogP) is 3.03. The normalized spacial score (nSPS) is 23.6. The van der Waals surface area contributed by atoms with E-state index in [2.05, 4.69) is 25.6 Å². The van der Waals surface area contributed by atoms with E-state index in [-0.39, 0.29) is 18.0 Å². The number of alkyl halides is 3. The summed E-state index contributed by atoms with van der Waals surface area (Å²) >= 11 is 1.09. The van der Waals surface area contributed by atoms with Crippen molar-refractivity contribution in [3.05, 3.63) is 18.4 Å². The summed E-state index contributed by atoms with van der Waals surface area (Å²) in [6, 6.07) is 2.12. The molecule has 2 amide bonds. The standard InChI is InChI=1S/C13H13F3N4O3S/c1-22-12(13(14,15)16)5-7(6-12)17-10(21)18-11-20-19-9(24-11)8-3-2-4-23-8/h2-4,7H,5-6H2,1H3,(H2,17,18,20,21). The highest BCUT2D eigenvalue weighted by atomic mass is 32.1. The number of amides is 2. The Bertz CT molecular complexity index is 710. The Hall–Kier alpha value is -2.14. The lowest BCUT2D eigenvalue weighted by molar-refractivity contribution is -0.301. The van der Waals surface area contributed by atoms with Gasteiger partial charge in [0.05, 0.1) is 6.26 Å². The van der Waals surface area contributed by atoms with Crippen molar-refractivity contribution in [2.75, 3.05) is 12.4 Å². The maximum absolute atomic E-state index is 12.9. The Labute approximate surface area is 138 Å². The van der Waals surface area contributed by atoms with Gasteiger partial charge in [0.25, 0.3) is 0 Å². The topological polar surface area (TPSA) is 89.3 Å². The zero-order valence-corrected chi connectivity index (χ0v) is 13.2. The quantitative estimate of drug-likeness (QED) is 0.873. The maximum Gasteiger partial charge on any atom is 0.417 e. The van der Waals surface area contributed by atoms with Gasteiger partial charge in [-0.2, -0.15) is 13.2 Å². The fourth-order valence-electron chi connectivity index (χ4n) is 2.44. The molecule has 0 unspecified atom stereocenters. The molecule has 130 valence electrons. The molecule has 0 aromatic carbocycles. The molecule has 0 radical (unpaired) electrons. The summed E-state index contributed by atoms with van der Waals surface area (Å²) in [7, 11) is 1.02. The van der Waals surface area contributed by atoms with Gasteiger partial charge in [-0.25, -0.2) is 4.79 Å². The molecular weight excluding hydrogens is 349 g/mol. The second-order valence-electron chi connectivity index (χ2n) is 5.29. The van der Waals surface area contributed by atoms with E-state index in [1.807, 2.05) is 0 Å². The first-order chi connectivity index (χ1) is 11.3. The molecule has 3 rings (SSSR count). The molecule has 11 heteroatoms. The van der Waals surface area contributed by atoms with Crippen molar-refractivity contribution < 1.29 is 27.1 Å². The van der Waals surface area contributed by atoms with E-state index in [4.69, 9.17) is 4.42 Å². The van der Waals surface area contributed by atoms with Gasteiger partial charge in [0.15, 0.2) is 16.4 Å². The van der Waals surface area contributed by atoms with Crippen LogP contribution in [0, 0.1) is 0 Å². The number of nitrogens with one attached hydrogen (secondary N) is 2. The molecule has 7 nitrogen and oxygen atoms in total. The van der Waals surface area contributed by atoms with Gasteiger partial charge in [0.1, 0.15) is 0 Å². The Kier molecular flexibility index (Phi) is 4.22. The molecule has 0 saturated heterocycles. The van der Waals surface area contributed by atoms with Crippen molar-refractivity contribution in [3.8, 4) is 10.8 Å². The van der Waals surface area contributed by atoms with Crippen LogP contribution in [0.3, 0.4) is 0 Å². The van der Waals surface area contributed by atoms with E-state index >= 15 is 0 Å². The molecule has 1 fully saturated rings. The lowest BCUT2D eigenvalue weighted by Gasteiger charge is -2.47. The van der Waals surface area contributed by atoms with E-state index in [1.54, 1.807) is 12.1 Å². The number of carbonyl (C=O) groups is 1. The summed E-state index contributed by atoms with van der Waals surface area (Å²) in [4.78, 5) is 11.8. The number of urea groups is 1. The zero-order valence-electron chi connectivity index (χ0n) is 12.4. The van der Waals surface area contributed by atoms with Crippen LogP contribution in [0.15, 0.2) is 22.8 Å². The highest BCUT2D eigenvalue weighted by Gasteiger charge is 2.63. The van der Waals surface area contributed by atoms with Crippen LogP contribution >= 0.6 is 11.3 Å². The fraction of sp³-hybridized carbons (Fsp3) is 0.462. The van der Waals surface area contributed by atoms with Gasteiger partial charge in [0.2, 0.25) is 5.13 Å². The number of hydrogen-bond donors (Lipinski definition) is 2. The third-order valence-corrected chi connectivity index (χ3v) is 4.63. The molecule has 0 aliphatic heterocycles. The number of carbonyl (C=O) groups excluding carboxylic acids is 1. The smallest absolute Gasteiger partial charge is 0.417 e. The van der Waals surface area contributed by atoms with Crippen LogP contribution < -0.4 is 10.6 Å². The molecule has 24 heavy (non-hydrogen) atoms. The first kappa shape index (κ1) is 16.7. The Morgan fingerprint density at radius 2 is 2.21 bits per heavy atom. The Morgan fingerprint density at radius 3 is 2.79 bits per heavy atom. The number of furan rings is 1. The van der Waals surface area contributed by atoms with Crippen molar-refractivity contribution in [2.24, 2.45) is 0 Å². The number of ether oxygens (including phenoxy) is 1. The number of hydrogen-bond acceptors (Lipinski definition) is 6. The minimum absolute atomic E-state index is 0.215. The van der Waals surface area contributed by atoms with Crippen LogP contribution in [0.25, 0.3) is 10.8 Å². The first-order valence-corrected chi connectivity index (χ1v) is 7.71. The first-order valence-electron chi connectivity index (χ1n) is 6.90. The van der Waals surface area contributed by atoms with Crippen LogP contribution in [0.5, 0.6) is 0 Å². The molecule has 2 aromatic rings. The highest BCUT2D eigenvalue weighted by Crippen LogP contribution is 2.47. The summed E-state index contributed by atoms with van der Waals surface area (Å²) in [6.45, 7) is 0. The van der Waals surface area contributed by atoms with Crippen molar-refractivity contribution in [2.45, 2.75) is 30.7 Å². The van der Waals surface area contributed by atoms with E-state index < -0.39 is 23.9 Å². The average molecular weight is 362 g/mol. The number of nitrogens with zero attached hydrogens (tertiary/aromatic N) is 2.